The van der Waals surface area contributed by atoms with Gasteiger partial charge in [0.1, 0.15) is 0 Å². The van der Waals surface area contributed by atoms with Crippen molar-refractivity contribution in [1.82, 2.24) is 0 Å². The molecule has 1 aliphatic carbocycles. The van der Waals surface area contributed by atoms with E-state index in [1.807, 2.05) is 13.0 Å². The third-order valence-corrected chi connectivity index (χ3v) is 4.56. The number of hydrogen-bond acceptors (Lipinski definition) is 0. The van der Waals surface area contributed by atoms with E-state index in [1.165, 1.54) is 12.8 Å². The van der Waals surface area contributed by atoms with Crippen LogP contribution in [0.25, 0.3) is 0 Å². The van der Waals surface area contributed by atoms with Crippen LogP contribution in [0.1, 0.15) is 69.4 Å². The molecule has 1 saturated carbocycles. The number of hydrogen-bond donors (Lipinski definition) is 0. The van der Waals surface area contributed by atoms with E-state index in [9.17, 15) is 8.78 Å². The molecule has 1 aromatic carbocycles. The summed E-state index contributed by atoms with van der Waals surface area (Å²) in [7, 11) is 0. The van der Waals surface area contributed by atoms with Gasteiger partial charge in [-0.2, -0.15) is 0 Å². The maximum absolute atomic E-state index is 14.1. The van der Waals surface area contributed by atoms with Crippen molar-refractivity contribution in [2.24, 2.45) is 5.92 Å². The van der Waals surface area contributed by atoms with E-state index in [0.717, 1.165) is 31.6 Å². The molecule has 0 nitrogen and oxygen atoms in total. The Kier molecular flexibility index (Phi) is 4.95. The highest BCUT2D eigenvalue weighted by Crippen LogP contribution is 2.39. The van der Waals surface area contributed by atoms with Gasteiger partial charge in [-0.15, -0.1) is 0 Å². The molecule has 106 valence electrons. The summed E-state index contributed by atoms with van der Waals surface area (Å²) >= 11 is 0. The van der Waals surface area contributed by atoms with E-state index in [4.69, 9.17) is 0 Å². The predicted molar refractivity (Wildman–Crippen MR) is 75.3 cm³/mol. The summed E-state index contributed by atoms with van der Waals surface area (Å²) in [5, 5.41) is 0. The second-order valence-corrected chi connectivity index (χ2v) is 5.80. The molecule has 0 aromatic heterocycles. The first-order valence-electron chi connectivity index (χ1n) is 7.64. The minimum absolute atomic E-state index is 0.216. The number of rotatable bonds is 4. The van der Waals surface area contributed by atoms with Crippen molar-refractivity contribution < 1.29 is 8.78 Å². The van der Waals surface area contributed by atoms with Crippen molar-refractivity contribution in [3.63, 3.8) is 0 Å². The minimum atomic E-state index is -0.629. The Morgan fingerprint density at radius 2 is 1.68 bits per heavy atom. The summed E-state index contributed by atoms with van der Waals surface area (Å²) in [6.45, 7) is 4.07. The predicted octanol–water partition coefficient (Wildman–Crippen LogP) is 5.60. The fraction of sp³-hybridized carbons (Fsp3) is 0.647. The first-order chi connectivity index (χ1) is 9.17. The van der Waals surface area contributed by atoms with Crippen LogP contribution in [-0.2, 0) is 6.42 Å². The molecule has 1 aliphatic rings. The fourth-order valence-corrected chi connectivity index (χ4v) is 3.36. The van der Waals surface area contributed by atoms with Crippen molar-refractivity contribution in [2.75, 3.05) is 0 Å². The molecule has 0 N–H and O–H groups in total. The Morgan fingerprint density at radius 3 is 2.26 bits per heavy atom. The molecule has 0 atom stereocenters. The highest BCUT2D eigenvalue weighted by atomic mass is 19.2. The van der Waals surface area contributed by atoms with Crippen LogP contribution in [0, 0.1) is 17.6 Å². The average molecular weight is 266 g/mol. The first kappa shape index (κ1) is 14.5. The summed E-state index contributed by atoms with van der Waals surface area (Å²) in [4.78, 5) is 0. The van der Waals surface area contributed by atoms with Crippen molar-refractivity contribution in [3.05, 3.63) is 34.9 Å². The van der Waals surface area contributed by atoms with Crippen LogP contribution in [0.15, 0.2) is 12.1 Å². The molecule has 0 heterocycles. The molecular formula is C17H24F2. The van der Waals surface area contributed by atoms with Crippen LogP contribution in [0.2, 0.25) is 0 Å². The van der Waals surface area contributed by atoms with Gasteiger partial charge in [-0.1, -0.05) is 38.8 Å². The largest absolute Gasteiger partial charge is 0.203 e. The smallest absolute Gasteiger partial charge is 0.162 e. The number of halogens is 2. The number of benzene rings is 1. The van der Waals surface area contributed by atoms with Gasteiger partial charge in [-0.25, -0.2) is 8.78 Å². The molecule has 0 aliphatic heterocycles. The van der Waals surface area contributed by atoms with E-state index in [2.05, 4.69) is 6.92 Å². The highest BCUT2D eigenvalue weighted by Gasteiger charge is 2.25. The summed E-state index contributed by atoms with van der Waals surface area (Å²) in [5.41, 5.74) is 1.09. The van der Waals surface area contributed by atoms with Gasteiger partial charge in [0.15, 0.2) is 11.6 Å². The second kappa shape index (κ2) is 6.49. The van der Waals surface area contributed by atoms with E-state index in [1.54, 1.807) is 6.07 Å². The van der Waals surface area contributed by atoms with Crippen molar-refractivity contribution in [1.29, 1.82) is 0 Å². The zero-order valence-corrected chi connectivity index (χ0v) is 12.0. The van der Waals surface area contributed by atoms with Gasteiger partial charge >= 0.3 is 0 Å². The van der Waals surface area contributed by atoms with Crippen LogP contribution >= 0.6 is 0 Å². The summed E-state index contributed by atoms with van der Waals surface area (Å²) < 4.78 is 27.9. The van der Waals surface area contributed by atoms with Crippen LogP contribution in [-0.4, -0.2) is 0 Å². The lowest BCUT2D eigenvalue weighted by molar-refractivity contribution is 0.302. The highest BCUT2D eigenvalue weighted by molar-refractivity contribution is 5.29. The molecule has 0 amide bonds. The molecule has 1 aromatic rings. The van der Waals surface area contributed by atoms with Crippen LogP contribution in [0.5, 0.6) is 0 Å². The monoisotopic (exact) mass is 266 g/mol. The standard InChI is InChI=1S/C17H24F2/c1-3-5-12-6-8-14(9-7-12)15-11-10-13(4-2)16(18)17(15)19/h10-12,14H,3-9H2,1-2H3. The second-order valence-electron chi connectivity index (χ2n) is 5.80. The lowest BCUT2D eigenvalue weighted by atomic mass is 9.77. The molecular weight excluding hydrogens is 242 g/mol. The Labute approximate surface area is 115 Å². The van der Waals surface area contributed by atoms with Crippen molar-refractivity contribution >= 4 is 0 Å². The quantitative estimate of drug-likeness (QED) is 0.665. The third kappa shape index (κ3) is 3.16. The van der Waals surface area contributed by atoms with Gasteiger partial charge in [-0.3, -0.25) is 0 Å². The van der Waals surface area contributed by atoms with Gasteiger partial charge in [0.2, 0.25) is 0 Å². The van der Waals surface area contributed by atoms with Crippen molar-refractivity contribution in [2.45, 2.75) is 64.7 Å². The fourth-order valence-electron chi connectivity index (χ4n) is 3.36. The van der Waals surface area contributed by atoms with Gasteiger partial charge in [-0.05, 0) is 55.1 Å². The van der Waals surface area contributed by atoms with Crippen molar-refractivity contribution in [3.8, 4) is 0 Å². The Morgan fingerprint density at radius 1 is 1.00 bits per heavy atom. The zero-order chi connectivity index (χ0) is 13.8. The van der Waals surface area contributed by atoms with Gasteiger partial charge < -0.3 is 0 Å². The zero-order valence-electron chi connectivity index (χ0n) is 12.0. The summed E-state index contributed by atoms with van der Waals surface area (Å²) in [5.74, 6) is -0.216. The molecule has 1 fully saturated rings. The van der Waals surface area contributed by atoms with Gasteiger partial charge in [0, 0.05) is 0 Å². The molecule has 19 heavy (non-hydrogen) atoms. The lowest BCUT2D eigenvalue weighted by Crippen LogP contribution is -2.15. The maximum atomic E-state index is 14.1. The SMILES string of the molecule is CCCC1CCC(c2ccc(CC)c(F)c2F)CC1. The van der Waals surface area contributed by atoms with E-state index in [-0.39, 0.29) is 5.92 Å². The lowest BCUT2D eigenvalue weighted by Gasteiger charge is -2.29. The normalized spacial score (nSPS) is 23.6. The number of aryl methyl sites for hydroxylation is 1. The summed E-state index contributed by atoms with van der Waals surface area (Å²) in [6, 6.07) is 3.56. The van der Waals surface area contributed by atoms with E-state index in [0.29, 0.717) is 17.5 Å². The van der Waals surface area contributed by atoms with E-state index >= 15 is 0 Å². The summed E-state index contributed by atoms with van der Waals surface area (Å²) in [6.07, 6.45) is 7.39. The average Bonchev–Trinajstić information content (AvgIpc) is 2.43. The maximum Gasteiger partial charge on any atom is 0.162 e. The molecule has 0 saturated heterocycles. The Bertz CT molecular complexity index is 418. The third-order valence-electron chi connectivity index (χ3n) is 4.56. The molecule has 0 spiro atoms. The van der Waals surface area contributed by atoms with Gasteiger partial charge in [0.05, 0.1) is 0 Å². The van der Waals surface area contributed by atoms with Crippen LogP contribution in [0.3, 0.4) is 0 Å². The molecule has 2 rings (SSSR count). The minimum Gasteiger partial charge on any atom is -0.203 e. The Balaban J connectivity index is 2.09. The molecule has 2 heteroatoms. The molecule has 0 bridgehead atoms. The van der Waals surface area contributed by atoms with E-state index < -0.39 is 11.6 Å². The first-order valence-corrected chi connectivity index (χ1v) is 7.64. The molecule has 0 unspecified atom stereocenters. The van der Waals surface area contributed by atoms with Crippen LogP contribution in [0.4, 0.5) is 8.78 Å². The topological polar surface area (TPSA) is 0 Å². The van der Waals surface area contributed by atoms with Gasteiger partial charge in [0.25, 0.3) is 0 Å². The molecule has 0 radical (unpaired) electrons. The Hall–Kier alpha value is -0.920. The van der Waals surface area contributed by atoms with Crippen LogP contribution < -0.4 is 0 Å².